The Hall–Kier alpha value is -1.42. The smallest absolute Gasteiger partial charge is 0.271 e. The van der Waals surface area contributed by atoms with Crippen molar-refractivity contribution in [3.8, 4) is 5.75 Å². The Morgan fingerprint density at radius 1 is 1.38 bits per heavy atom. The number of hydrogen-bond acceptors (Lipinski definition) is 6. The van der Waals surface area contributed by atoms with E-state index in [1.54, 1.807) is 0 Å². The van der Waals surface area contributed by atoms with Crippen LogP contribution >= 0.6 is 12.4 Å². The van der Waals surface area contributed by atoms with Gasteiger partial charge in [0, 0.05) is 18.7 Å². The summed E-state index contributed by atoms with van der Waals surface area (Å²) in [5.74, 6) is 0.0573. The van der Waals surface area contributed by atoms with Gasteiger partial charge in [0.05, 0.1) is 12.0 Å². The third-order valence-corrected chi connectivity index (χ3v) is 4.05. The van der Waals surface area contributed by atoms with Crippen LogP contribution in [0, 0.1) is 10.1 Å². The third-order valence-electron chi connectivity index (χ3n) is 2.57. The van der Waals surface area contributed by atoms with Crippen LogP contribution in [-0.2, 0) is 10.0 Å². The molecule has 0 amide bonds. The first-order valence-corrected chi connectivity index (χ1v) is 7.43. The summed E-state index contributed by atoms with van der Waals surface area (Å²) in [6.45, 7) is 0.688. The molecule has 0 bridgehead atoms. The molecule has 21 heavy (non-hydrogen) atoms. The molecule has 0 heterocycles. The molecule has 0 saturated heterocycles. The average molecular weight is 340 g/mol. The Kier molecular flexibility index (Phi) is 8.18. The molecule has 0 atom stereocenters. The fourth-order valence-electron chi connectivity index (χ4n) is 1.54. The Labute approximate surface area is 129 Å². The fraction of sp³-hybridized carbons (Fsp3) is 0.455. The zero-order valence-electron chi connectivity index (χ0n) is 11.4. The Balaban J connectivity index is 0.00000400. The number of non-ortho nitro benzene ring substituents is 1. The van der Waals surface area contributed by atoms with Gasteiger partial charge in [-0.1, -0.05) is 0 Å². The van der Waals surface area contributed by atoms with Gasteiger partial charge >= 0.3 is 0 Å². The van der Waals surface area contributed by atoms with E-state index in [1.807, 2.05) is 0 Å². The molecule has 8 nitrogen and oxygen atoms in total. The van der Waals surface area contributed by atoms with Crippen molar-refractivity contribution in [1.82, 2.24) is 4.72 Å². The maximum Gasteiger partial charge on any atom is 0.271 e. The maximum absolute atomic E-state index is 12.1. The Bertz CT molecular complexity index is 579. The van der Waals surface area contributed by atoms with Gasteiger partial charge in [0.25, 0.3) is 5.69 Å². The van der Waals surface area contributed by atoms with Crippen molar-refractivity contribution in [2.45, 2.75) is 17.7 Å². The molecule has 0 aliphatic heterocycles. The number of nitrogens with one attached hydrogen (secondary N) is 1. The number of methoxy groups -OCH3 is 1. The minimum absolute atomic E-state index is 0. The van der Waals surface area contributed by atoms with Gasteiger partial charge in [-0.15, -0.1) is 12.4 Å². The van der Waals surface area contributed by atoms with Gasteiger partial charge < -0.3 is 10.5 Å². The molecule has 1 aromatic rings. The van der Waals surface area contributed by atoms with Crippen molar-refractivity contribution in [3.05, 3.63) is 28.3 Å². The number of rotatable bonds is 8. The summed E-state index contributed by atoms with van der Waals surface area (Å²) < 4.78 is 31.5. The van der Waals surface area contributed by atoms with E-state index in [0.717, 1.165) is 6.07 Å². The highest BCUT2D eigenvalue weighted by atomic mass is 35.5. The summed E-state index contributed by atoms with van der Waals surface area (Å²) in [5.41, 5.74) is 5.00. The van der Waals surface area contributed by atoms with Crippen LogP contribution in [0.25, 0.3) is 0 Å². The molecule has 3 N–H and O–H groups in total. The minimum Gasteiger partial charge on any atom is -0.495 e. The van der Waals surface area contributed by atoms with E-state index in [0.29, 0.717) is 19.4 Å². The van der Waals surface area contributed by atoms with Crippen LogP contribution in [0.4, 0.5) is 5.69 Å². The normalized spacial score (nSPS) is 10.8. The molecule has 120 valence electrons. The molecule has 0 saturated carbocycles. The molecule has 1 aromatic carbocycles. The molecular weight excluding hydrogens is 322 g/mol. The number of hydrogen-bond donors (Lipinski definition) is 2. The summed E-state index contributed by atoms with van der Waals surface area (Å²) >= 11 is 0. The maximum atomic E-state index is 12.1. The number of nitrogens with two attached hydrogens (primary N) is 1. The van der Waals surface area contributed by atoms with Gasteiger partial charge in [0.15, 0.2) is 0 Å². The van der Waals surface area contributed by atoms with Crippen LogP contribution < -0.4 is 15.2 Å². The highest BCUT2D eigenvalue weighted by Crippen LogP contribution is 2.27. The number of ether oxygens (including phenoxy) is 1. The van der Waals surface area contributed by atoms with Crippen LogP contribution in [0.3, 0.4) is 0 Å². The van der Waals surface area contributed by atoms with E-state index in [4.69, 9.17) is 10.5 Å². The molecule has 0 unspecified atom stereocenters. The van der Waals surface area contributed by atoms with Crippen molar-refractivity contribution in [2.75, 3.05) is 20.2 Å². The molecule has 0 aromatic heterocycles. The second-order valence-corrected chi connectivity index (χ2v) is 5.72. The van der Waals surface area contributed by atoms with Gasteiger partial charge in [0.2, 0.25) is 10.0 Å². The van der Waals surface area contributed by atoms with Crippen LogP contribution in [0.2, 0.25) is 0 Å². The molecule has 1 rings (SSSR count). The van der Waals surface area contributed by atoms with E-state index < -0.39 is 14.9 Å². The molecule has 0 radical (unpaired) electrons. The largest absolute Gasteiger partial charge is 0.495 e. The average Bonchev–Trinajstić information content (AvgIpc) is 2.42. The zero-order chi connectivity index (χ0) is 15.2. The van der Waals surface area contributed by atoms with Crippen molar-refractivity contribution >= 4 is 28.1 Å². The first-order chi connectivity index (χ1) is 9.42. The van der Waals surface area contributed by atoms with Crippen molar-refractivity contribution in [3.63, 3.8) is 0 Å². The lowest BCUT2D eigenvalue weighted by Crippen LogP contribution is -2.25. The number of benzene rings is 1. The van der Waals surface area contributed by atoms with Crippen molar-refractivity contribution < 1.29 is 18.1 Å². The van der Waals surface area contributed by atoms with Crippen LogP contribution in [0.1, 0.15) is 12.8 Å². The number of sulfonamides is 1. The lowest BCUT2D eigenvalue weighted by molar-refractivity contribution is -0.385. The predicted octanol–water partition coefficient (Wildman–Crippen LogP) is 1.04. The molecule has 10 heteroatoms. The standard InChI is InChI=1S/C11H17N3O5S.ClH/c1-19-10-5-4-9(14(15)16)8-11(10)20(17,18)13-7-3-2-6-12;/h4-5,8,13H,2-3,6-7,12H2,1H3;1H. The lowest BCUT2D eigenvalue weighted by Gasteiger charge is -2.10. The van der Waals surface area contributed by atoms with Crippen LogP contribution in [-0.4, -0.2) is 33.5 Å². The number of halogens is 1. The van der Waals surface area contributed by atoms with Crippen molar-refractivity contribution in [2.24, 2.45) is 5.73 Å². The van der Waals surface area contributed by atoms with E-state index in [1.165, 1.54) is 19.2 Å². The molecule has 0 aliphatic carbocycles. The Morgan fingerprint density at radius 3 is 2.57 bits per heavy atom. The molecule has 0 fully saturated rings. The van der Waals surface area contributed by atoms with Crippen LogP contribution in [0.5, 0.6) is 5.75 Å². The summed E-state index contributed by atoms with van der Waals surface area (Å²) in [6.07, 6.45) is 1.28. The molecule has 0 spiro atoms. The summed E-state index contributed by atoms with van der Waals surface area (Å²) in [7, 11) is -2.56. The summed E-state index contributed by atoms with van der Waals surface area (Å²) in [4.78, 5) is 9.81. The first-order valence-electron chi connectivity index (χ1n) is 5.94. The van der Waals surface area contributed by atoms with Gasteiger partial charge in [-0.25, -0.2) is 13.1 Å². The number of nitro groups is 1. The highest BCUT2D eigenvalue weighted by Gasteiger charge is 2.22. The number of nitrogens with zero attached hydrogens (tertiary/aromatic N) is 1. The zero-order valence-corrected chi connectivity index (χ0v) is 13.1. The fourth-order valence-corrected chi connectivity index (χ4v) is 2.80. The topological polar surface area (TPSA) is 125 Å². The quantitative estimate of drug-likeness (QED) is 0.414. The second-order valence-electron chi connectivity index (χ2n) is 3.99. The van der Waals surface area contributed by atoms with Gasteiger partial charge in [-0.05, 0) is 25.5 Å². The van der Waals surface area contributed by atoms with E-state index in [2.05, 4.69) is 4.72 Å². The first kappa shape index (κ1) is 19.6. The molecular formula is C11H18ClN3O5S. The van der Waals surface area contributed by atoms with E-state index >= 15 is 0 Å². The Morgan fingerprint density at radius 2 is 2.05 bits per heavy atom. The van der Waals surface area contributed by atoms with E-state index in [-0.39, 0.29) is 35.3 Å². The van der Waals surface area contributed by atoms with Crippen LogP contribution in [0.15, 0.2) is 23.1 Å². The monoisotopic (exact) mass is 339 g/mol. The lowest BCUT2D eigenvalue weighted by atomic mass is 10.3. The second kappa shape index (κ2) is 8.78. The summed E-state index contributed by atoms with van der Waals surface area (Å²) in [5, 5.41) is 10.7. The molecule has 0 aliphatic rings. The predicted molar refractivity (Wildman–Crippen MR) is 80.4 cm³/mol. The SMILES string of the molecule is COc1ccc([N+](=O)[O-])cc1S(=O)(=O)NCCCCN.Cl. The van der Waals surface area contributed by atoms with Gasteiger partial charge in [-0.2, -0.15) is 0 Å². The third kappa shape index (κ3) is 5.46. The van der Waals surface area contributed by atoms with Crippen molar-refractivity contribution in [1.29, 1.82) is 0 Å². The number of nitro benzene ring substituents is 1. The highest BCUT2D eigenvalue weighted by molar-refractivity contribution is 7.89. The van der Waals surface area contributed by atoms with Gasteiger partial charge in [-0.3, -0.25) is 10.1 Å². The van der Waals surface area contributed by atoms with Gasteiger partial charge in [0.1, 0.15) is 10.6 Å². The van der Waals surface area contributed by atoms with E-state index in [9.17, 15) is 18.5 Å². The minimum atomic E-state index is -3.86. The summed E-state index contributed by atoms with van der Waals surface area (Å²) in [6, 6.07) is 3.42. The number of unbranched alkanes of at least 4 members (excludes halogenated alkanes) is 1.